The van der Waals surface area contributed by atoms with Crippen molar-refractivity contribution in [2.24, 2.45) is 5.11 Å². The van der Waals surface area contributed by atoms with Crippen LogP contribution in [0.25, 0.3) is 10.4 Å². The summed E-state index contributed by atoms with van der Waals surface area (Å²) in [6, 6.07) is 3.88. The average Bonchev–Trinajstić information content (AvgIpc) is 2.20. The van der Waals surface area contributed by atoms with Gasteiger partial charge in [0.05, 0.1) is 18.4 Å². The zero-order valence-corrected chi connectivity index (χ0v) is 7.34. The third-order valence-corrected chi connectivity index (χ3v) is 1.55. The van der Waals surface area contributed by atoms with Crippen LogP contribution in [0.15, 0.2) is 23.3 Å². The van der Waals surface area contributed by atoms with Crippen molar-refractivity contribution in [1.82, 2.24) is 0 Å². The van der Waals surface area contributed by atoms with Gasteiger partial charge in [-0.2, -0.15) is 0 Å². The smallest absolute Gasteiger partial charge is 0.337 e. The molecule has 1 aromatic rings. The molecule has 0 aliphatic rings. The summed E-state index contributed by atoms with van der Waals surface area (Å²) < 4.78 is 4.45. The molecule has 0 saturated heterocycles. The summed E-state index contributed by atoms with van der Waals surface area (Å²) in [5.41, 5.74) is 8.37. The molecule has 0 atom stereocenters. The number of aromatic hydroxyl groups is 1. The number of carbonyl (C=O) groups excluding carboxylic acids is 1. The first-order valence-corrected chi connectivity index (χ1v) is 3.65. The van der Waals surface area contributed by atoms with Crippen molar-refractivity contribution in [2.45, 2.75) is 0 Å². The standard InChI is InChI=1S/C8H7N3O3/c1-14-8(13)5-2-3-7(12)6(4-5)10-11-9/h2-4,12H,1H3. The van der Waals surface area contributed by atoms with Crippen molar-refractivity contribution < 1.29 is 14.6 Å². The van der Waals surface area contributed by atoms with Crippen LogP contribution in [0.4, 0.5) is 5.69 Å². The summed E-state index contributed by atoms with van der Waals surface area (Å²) in [6.45, 7) is 0. The number of ether oxygens (including phenoxy) is 1. The van der Waals surface area contributed by atoms with Crippen molar-refractivity contribution in [3.8, 4) is 5.75 Å². The summed E-state index contributed by atoms with van der Waals surface area (Å²) in [6.07, 6.45) is 0. The number of hydrogen-bond acceptors (Lipinski definition) is 4. The van der Waals surface area contributed by atoms with Gasteiger partial charge in [-0.05, 0) is 23.7 Å². The summed E-state index contributed by atoms with van der Waals surface area (Å²) in [5.74, 6) is -0.741. The number of esters is 1. The van der Waals surface area contributed by atoms with Crippen LogP contribution in [0, 0.1) is 0 Å². The highest BCUT2D eigenvalue weighted by molar-refractivity contribution is 5.90. The average molecular weight is 193 g/mol. The molecule has 0 aliphatic carbocycles. The van der Waals surface area contributed by atoms with Gasteiger partial charge in [0.15, 0.2) is 0 Å². The van der Waals surface area contributed by atoms with E-state index in [9.17, 15) is 9.90 Å². The van der Waals surface area contributed by atoms with Crippen LogP contribution < -0.4 is 0 Å². The van der Waals surface area contributed by atoms with Crippen LogP contribution in [0.5, 0.6) is 5.75 Å². The molecule has 0 saturated carbocycles. The Kier molecular flexibility index (Phi) is 2.93. The van der Waals surface area contributed by atoms with Gasteiger partial charge in [-0.1, -0.05) is 5.11 Å². The molecule has 0 aliphatic heterocycles. The predicted octanol–water partition coefficient (Wildman–Crippen LogP) is 2.12. The van der Waals surface area contributed by atoms with Gasteiger partial charge in [0.25, 0.3) is 0 Å². The molecule has 6 heteroatoms. The zero-order valence-electron chi connectivity index (χ0n) is 7.34. The zero-order chi connectivity index (χ0) is 10.6. The second kappa shape index (κ2) is 4.15. The highest BCUT2D eigenvalue weighted by Gasteiger charge is 2.07. The van der Waals surface area contributed by atoms with Gasteiger partial charge in [0, 0.05) is 4.91 Å². The highest BCUT2D eigenvalue weighted by atomic mass is 16.5. The lowest BCUT2D eigenvalue weighted by molar-refractivity contribution is 0.0601. The van der Waals surface area contributed by atoms with E-state index in [1.807, 2.05) is 0 Å². The summed E-state index contributed by atoms with van der Waals surface area (Å²) in [4.78, 5) is 13.5. The quantitative estimate of drug-likeness (QED) is 0.337. The van der Waals surface area contributed by atoms with Crippen molar-refractivity contribution >= 4 is 11.7 Å². The normalized spacial score (nSPS) is 8.93. The molecule has 1 N–H and O–H groups in total. The number of phenolic OH excluding ortho intramolecular Hbond substituents is 1. The molecule has 0 amide bonds. The molecule has 1 aromatic carbocycles. The predicted molar refractivity (Wildman–Crippen MR) is 48.3 cm³/mol. The number of hydrogen-bond donors (Lipinski definition) is 1. The van der Waals surface area contributed by atoms with Gasteiger partial charge in [-0.15, -0.1) is 0 Å². The fourth-order valence-corrected chi connectivity index (χ4v) is 0.897. The first kappa shape index (κ1) is 9.88. The van der Waals surface area contributed by atoms with Gasteiger partial charge >= 0.3 is 5.97 Å². The van der Waals surface area contributed by atoms with Crippen molar-refractivity contribution in [3.05, 3.63) is 34.2 Å². The van der Waals surface area contributed by atoms with E-state index in [1.54, 1.807) is 0 Å². The maximum Gasteiger partial charge on any atom is 0.337 e. The van der Waals surface area contributed by atoms with E-state index in [0.29, 0.717) is 0 Å². The molecule has 0 radical (unpaired) electrons. The minimum atomic E-state index is -0.556. The molecule has 0 aromatic heterocycles. The SMILES string of the molecule is COC(=O)c1ccc(O)c(N=[N+]=[N-])c1. The van der Waals surface area contributed by atoms with E-state index in [4.69, 9.17) is 5.53 Å². The number of rotatable bonds is 2. The van der Waals surface area contributed by atoms with Crippen LogP contribution in [0.1, 0.15) is 10.4 Å². The van der Waals surface area contributed by atoms with Gasteiger partial charge in [0.1, 0.15) is 5.75 Å². The number of carbonyl (C=O) groups is 1. The van der Waals surface area contributed by atoms with Crippen LogP contribution in [0.2, 0.25) is 0 Å². The van der Waals surface area contributed by atoms with Gasteiger partial charge in [-0.3, -0.25) is 0 Å². The van der Waals surface area contributed by atoms with Crippen molar-refractivity contribution in [2.75, 3.05) is 7.11 Å². The second-order valence-corrected chi connectivity index (χ2v) is 2.38. The number of azide groups is 1. The Labute approximate surface area is 79.4 Å². The Morgan fingerprint density at radius 3 is 2.93 bits per heavy atom. The number of nitrogens with zero attached hydrogens (tertiary/aromatic N) is 3. The molecule has 0 bridgehead atoms. The Bertz CT molecular complexity index is 410. The monoisotopic (exact) mass is 193 g/mol. The Hall–Kier alpha value is -2.20. The molecule has 14 heavy (non-hydrogen) atoms. The number of benzene rings is 1. The van der Waals surface area contributed by atoms with Gasteiger partial charge < -0.3 is 9.84 Å². The van der Waals surface area contributed by atoms with E-state index in [1.165, 1.54) is 25.3 Å². The molecule has 72 valence electrons. The maximum atomic E-state index is 11.0. The molecular weight excluding hydrogens is 186 g/mol. The fraction of sp³-hybridized carbons (Fsp3) is 0.125. The minimum absolute atomic E-state index is 0.00426. The third kappa shape index (κ3) is 1.94. The molecule has 1 rings (SSSR count). The number of phenols is 1. The van der Waals surface area contributed by atoms with Crippen LogP contribution >= 0.6 is 0 Å². The highest BCUT2D eigenvalue weighted by Crippen LogP contribution is 2.27. The largest absolute Gasteiger partial charge is 0.507 e. The van der Waals surface area contributed by atoms with Crippen LogP contribution in [0.3, 0.4) is 0 Å². The van der Waals surface area contributed by atoms with E-state index in [2.05, 4.69) is 14.8 Å². The van der Waals surface area contributed by atoms with Crippen LogP contribution in [-0.4, -0.2) is 18.2 Å². The molecule has 0 spiro atoms. The van der Waals surface area contributed by atoms with Gasteiger partial charge in [-0.25, -0.2) is 4.79 Å². The Morgan fingerprint density at radius 1 is 1.64 bits per heavy atom. The molecular formula is C8H7N3O3. The fourth-order valence-electron chi connectivity index (χ4n) is 0.897. The first-order valence-electron chi connectivity index (χ1n) is 3.65. The van der Waals surface area contributed by atoms with Crippen molar-refractivity contribution in [3.63, 3.8) is 0 Å². The summed E-state index contributed by atoms with van der Waals surface area (Å²) >= 11 is 0. The van der Waals surface area contributed by atoms with E-state index >= 15 is 0 Å². The Morgan fingerprint density at radius 2 is 2.36 bits per heavy atom. The summed E-state index contributed by atoms with van der Waals surface area (Å²) in [7, 11) is 1.24. The number of methoxy groups -OCH3 is 1. The lowest BCUT2D eigenvalue weighted by Crippen LogP contribution is -2.00. The minimum Gasteiger partial charge on any atom is -0.507 e. The lowest BCUT2D eigenvalue weighted by Gasteiger charge is -2.01. The molecule has 0 fully saturated rings. The maximum absolute atomic E-state index is 11.0. The third-order valence-electron chi connectivity index (χ3n) is 1.55. The second-order valence-electron chi connectivity index (χ2n) is 2.38. The molecule has 0 heterocycles. The molecule has 0 unspecified atom stereocenters. The lowest BCUT2D eigenvalue weighted by atomic mass is 10.2. The summed E-state index contributed by atoms with van der Waals surface area (Å²) in [5, 5.41) is 12.4. The van der Waals surface area contributed by atoms with E-state index in [-0.39, 0.29) is 17.0 Å². The van der Waals surface area contributed by atoms with Gasteiger partial charge in [0.2, 0.25) is 0 Å². The first-order chi connectivity index (χ1) is 6.69. The van der Waals surface area contributed by atoms with Crippen LogP contribution in [-0.2, 0) is 4.74 Å². The van der Waals surface area contributed by atoms with Crippen molar-refractivity contribution in [1.29, 1.82) is 0 Å². The van der Waals surface area contributed by atoms with E-state index in [0.717, 1.165) is 0 Å². The topological polar surface area (TPSA) is 95.3 Å². The Balaban J connectivity index is 3.18. The van der Waals surface area contributed by atoms with E-state index < -0.39 is 5.97 Å². The molecule has 6 nitrogen and oxygen atoms in total.